The summed E-state index contributed by atoms with van der Waals surface area (Å²) in [4.78, 5) is 16.7. The van der Waals surface area contributed by atoms with Crippen LogP contribution in [0.4, 0.5) is 0 Å². The number of hydrogen-bond acceptors (Lipinski definition) is 3. The number of hydrogen-bond donors (Lipinski definition) is 1. The highest BCUT2D eigenvalue weighted by atomic mass is 16.1. The maximum atomic E-state index is 12.5. The lowest BCUT2D eigenvalue weighted by Gasteiger charge is -2.17. The highest BCUT2D eigenvalue weighted by molar-refractivity contribution is 5.80. The Bertz CT molecular complexity index is 1090. The number of fused-ring (bicyclic) bond motifs is 1. The molecule has 2 aromatic carbocycles. The molecule has 5 heteroatoms. The molecule has 0 bridgehead atoms. The predicted octanol–water partition coefficient (Wildman–Crippen LogP) is 3.39. The molecular formula is C19H16N4O. The Morgan fingerprint density at radius 3 is 2.62 bits per heavy atom. The van der Waals surface area contributed by atoms with Gasteiger partial charge in [0.15, 0.2) is 0 Å². The van der Waals surface area contributed by atoms with Crippen molar-refractivity contribution in [1.82, 2.24) is 19.7 Å². The minimum absolute atomic E-state index is 0.199. The van der Waals surface area contributed by atoms with E-state index in [1.54, 1.807) is 6.20 Å². The molecule has 0 saturated heterocycles. The van der Waals surface area contributed by atoms with Crippen LogP contribution in [0.1, 0.15) is 11.5 Å². The maximum absolute atomic E-state index is 12.5. The van der Waals surface area contributed by atoms with E-state index >= 15 is 0 Å². The number of H-pyrrole nitrogens is 1. The van der Waals surface area contributed by atoms with Crippen molar-refractivity contribution < 1.29 is 0 Å². The molecule has 2 heterocycles. The fraction of sp³-hybridized carbons (Fsp3) is 0.105. The number of aryl methyl sites for hydroxylation is 1. The molecule has 0 aliphatic carbocycles. The van der Waals surface area contributed by atoms with Crippen LogP contribution in [0.5, 0.6) is 0 Å². The first-order chi connectivity index (χ1) is 11.6. The summed E-state index contributed by atoms with van der Waals surface area (Å²) < 4.78 is 2.00. The maximum Gasteiger partial charge on any atom is 0.281 e. The minimum Gasteiger partial charge on any atom is -0.302 e. The van der Waals surface area contributed by atoms with Gasteiger partial charge < -0.3 is 4.57 Å². The van der Waals surface area contributed by atoms with Crippen molar-refractivity contribution >= 4 is 10.9 Å². The van der Waals surface area contributed by atoms with E-state index < -0.39 is 0 Å². The Kier molecular flexibility index (Phi) is 3.27. The zero-order chi connectivity index (χ0) is 16.7. The fourth-order valence-corrected chi connectivity index (χ4v) is 3.14. The smallest absolute Gasteiger partial charge is 0.281 e. The van der Waals surface area contributed by atoms with Crippen LogP contribution in [-0.4, -0.2) is 19.7 Å². The van der Waals surface area contributed by atoms with Crippen LogP contribution in [0.15, 0.2) is 59.5 Å². The molecule has 118 valence electrons. The van der Waals surface area contributed by atoms with Crippen molar-refractivity contribution in [3.63, 3.8) is 0 Å². The molecule has 0 aliphatic rings. The zero-order valence-electron chi connectivity index (χ0n) is 13.4. The first-order valence-electron chi connectivity index (χ1n) is 7.74. The van der Waals surface area contributed by atoms with E-state index in [9.17, 15) is 4.79 Å². The van der Waals surface area contributed by atoms with E-state index in [1.807, 2.05) is 66.9 Å². The first-order valence-corrected chi connectivity index (χ1v) is 7.74. The number of aromatic amines is 1. The van der Waals surface area contributed by atoms with Gasteiger partial charge in [-0.2, -0.15) is 10.1 Å². The Morgan fingerprint density at radius 2 is 1.83 bits per heavy atom. The topological polar surface area (TPSA) is 63.6 Å². The summed E-state index contributed by atoms with van der Waals surface area (Å²) in [5.74, 6) is 0.663. The van der Waals surface area contributed by atoms with Crippen molar-refractivity contribution in [2.24, 2.45) is 0 Å². The average Bonchev–Trinajstić information content (AvgIpc) is 3.03. The van der Waals surface area contributed by atoms with E-state index in [2.05, 4.69) is 15.2 Å². The molecule has 4 rings (SSSR count). The van der Waals surface area contributed by atoms with Gasteiger partial charge in [-0.25, -0.2) is 0 Å². The molecular weight excluding hydrogens is 300 g/mol. The molecule has 4 aromatic rings. The minimum atomic E-state index is -0.199. The molecule has 0 radical (unpaired) electrons. The summed E-state index contributed by atoms with van der Waals surface area (Å²) in [6.45, 7) is 3.80. The normalized spacial score (nSPS) is 11.1. The second kappa shape index (κ2) is 5.45. The van der Waals surface area contributed by atoms with Gasteiger partial charge in [-0.1, -0.05) is 30.3 Å². The third-order valence-electron chi connectivity index (χ3n) is 4.24. The van der Waals surface area contributed by atoms with Crippen molar-refractivity contribution in [3.05, 3.63) is 76.6 Å². The standard InChI is InChI=1S/C19H16N4O/c1-12-18(14-6-4-3-5-7-14)19(24)21-13(2)23(12)16-9-8-15-11-20-22-17(15)10-16/h3-11H,1-2H3,(H,20,22). The van der Waals surface area contributed by atoms with Crippen LogP contribution in [0.2, 0.25) is 0 Å². The monoisotopic (exact) mass is 316 g/mol. The second-order valence-electron chi connectivity index (χ2n) is 5.77. The molecule has 1 N–H and O–H groups in total. The van der Waals surface area contributed by atoms with E-state index in [0.29, 0.717) is 11.4 Å². The predicted molar refractivity (Wildman–Crippen MR) is 94.4 cm³/mol. The van der Waals surface area contributed by atoms with Crippen LogP contribution in [0, 0.1) is 13.8 Å². The Hall–Kier alpha value is -3.21. The highest BCUT2D eigenvalue weighted by Crippen LogP contribution is 2.24. The molecule has 0 fully saturated rings. The van der Waals surface area contributed by atoms with E-state index in [1.165, 1.54) is 0 Å². The summed E-state index contributed by atoms with van der Waals surface area (Å²) in [7, 11) is 0. The number of nitrogens with one attached hydrogen (secondary N) is 1. The molecule has 2 aromatic heterocycles. The number of nitrogens with zero attached hydrogens (tertiary/aromatic N) is 3. The Balaban J connectivity index is 2.00. The van der Waals surface area contributed by atoms with Gasteiger partial charge in [-0.15, -0.1) is 0 Å². The molecule has 0 unspecified atom stereocenters. The first kappa shape index (κ1) is 14.4. The lowest BCUT2D eigenvalue weighted by atomic mass is 10.1. The van der Waals surface area contributed by atoms with Crippen LogP contribution >= 0.6 is 0 Å². The van der Waals surface area contributed by atoms with Crippen LogP contribution < -0.4 is 5.56 Å². The average molecular weight is 316 g/mol. The third-order valence-corrected chi connectivity index (χ3v) is 4.24. The van der Waals surface area contributed by atoms with Crippen molar-refractivity contribution in [1.29, 1.82) is 0 Å². The molecule has 0 amide bonds. The van der Waals surface area contributed by atoms with Crippen molar-refractivity contribution in [2.75, 3.05) is 0 Å². The van der Waals surface area contributed by atoms with Gasteiger partial charge in [0.05, 0.1) is 17.3 Å². The summed E-state index contributed by atoms with van der Waals surface area (Å²) in [5.41, 5.74) is 4.08. The van der Waals surface area contributed by atoms with Gasteiger partial charge in [0.25, 0.3) is 5.56 Å². The van der Waals surface area contributed by atoms with E-state index in [0.717, 1.165) is 27.8 Å². The molecule has 5 nitrogen and oxygen atoms in total. The Labute approximate surface area is 138 Å². The van der Waals surface area contributed by atoms with Crippen molar-refractivity contribution in [2.45, 2.75) is 13.8 Å². The molecule has 0 atom stereocenters. The van der Waals surface area contributed by atoms with Crippen molar-refractivity contribution in [3.8, 4) is 16.8 Å². The van der Waals surface area contributed by atoms with Gasteiger partial charge in [0.2, 0.25) is 0 Å². The summed E-state index contributed by atoms with van der Waals surface area (Å²) >= 11 is 0. The largest absolute Gasteiger partial charge is 0.302 e. The lowest BCUT2D eigenvalue weighted by Crippen LogP contribution is -2.20. The van der Waals surface area contributed by atoms with Crippen LogP contribution in [0.3, 0.4) is 0 Å². The summed E-state index contributed by atoms with van der Waals surface area (Å²) in [6.07, 6.45) is 1.79. The molecule has 0 aliphatic heterocycles. The fourth-order valence-electron chi connectivity index (χ4n) is 3.14. The summed E-state index contributed by atoms with van der Waals surface area (Å²) in [6, 6.07) is 15.7. The van der Waals surface area contributed by atoms with Crippen LogP contribution in [0.25, 0.3) is 27.7 Å². The van der Waals surface area contributed by atoms with Gasteiger partial charge in [0.1, 0.15) is 5.82 Å². The van der Waals surface area contributed by atoms with E-state index in [-0.39, 0.29) is 5.56 Å². The van der Waals surface area contributed by atoms with Crippen LogP contribution in [-0.2, 0) is 0 Å². The Morgan fingerprint density at radius 1 is 1.04 bits per heavy atom. The molecule has 0 spiro atoms. The second-order valence-corrected chi connectivity index (χ2v) is 5.77. The van der Waals surface area contributed by atoms with Gasteiger partial charge in [0, 0.05) is 16.8 Å². The summed E-state index contributed by atoms with van der Waals surface area (Å²) in [5, 5.41) is 8.09. The molecule has 0 saturated carbocycles. The lowest BCUT2D eigenvalue weighted by molar-refractivity contribution is 0.857. The van der Waals surface area contributed by atoms with Gasteiger partial charge >= 0.3 is 0 Å². The zero-order valence-corrected chi connectivity index (χ0v) is 13.4. The van der Waals surface area contributed by atoms with E-state index in [4.69, 9.17) is 0 Å². The number of benzene rings is 2. The number of aromatic nitrogens is 4. The highest BCUT2D eigenvalue weighted by Gasteiger charge is 2.15. The third kappa shape index (κ3) is 2.22. The number of rotatable bonds is 2. The SMILES string of the molecule is Cc1nc(=O)c(-c2ccccc2)c(C)n1-c1ccc2cn[nH]c2c1. The van der Waals surface area contributed by atoms with Gasteiger partial charge in [-0.3, -0.25) is 9.89 Å². The quantitative estimate of drug-likeness (QED) is 0.616. The molecule has 24 heavy (non-hydrogen) atoms. The van der Waals surface area contributed by atoms with Gasteiger partial charge in [-0.05, 0) is 37.6 Å².